The number of nitrogens with zero attached hydrogens (tertiary/aromatic N) is 2. The molecule has 1 atom stereocenters. The molecule has 1 aliphatic heterocycles. The highest BCUT2D eigenvalue weighted by atomic mass is 35.5. The number of halogens is 1. The smallest absolute Gasteiger partial charge is 0.276 e. The fourth-order valence-corrected chi connectivity index (χ4v) is 4.42. The standard InChI is InChI=1S/C26H29ClN6O3/c1-17-6-4-5-14-33(17)15-13-28-25(35)22-23(30-16-29-22)26(36)32-19-11-9-18(10-12-19)31-24(34)20-7-2-3-8-21(20)27/h2-3,7-12,16-17H,4-6,13-15H2,1H3,(H,28,35)(H,29,30)(H,31,34)(H,32,36). The van der Waals surface area contributed by atoms with E-state index in [0.717, 1.165) is 13.1 Å². The number of hydrogen-bond donors (Lipinski definition) is 4. The molecule has 0 radical (unpaired) electrons. The van der Waals surface area contributed by atoms with Crippen molar-refractivity contribution in [2.24, 2.45) is 0 Å². The van der Waals surface area contributed by atoms with E-state index in [1.165, 1.54) is 25.6 Å². The van der Waals surface area contributed by atoms with Gasteiger partial charge in [0.2, 0.25) is 0 Å². The van der Waals surface area contributed by atoms with Gasteiger partial charge in [-0.2, -0.15) is 0 Å². The van der Waals surface area contributed by atoms with E-state index in [1.54, 1.807) is 48.5 Å². The monoisotopic (exact) mass is 508 g/mol. The molecule has 1 aromatic heterocycles. The SMILES string of the molecule is CC1CCCCN1CCNC(=O)c1[nH]cnc1C(=O)Nc1ccc(NC(=O)c2ccccc2Cl)cc1. The summed E-state index contributed by atoms with van der Waals surface area (Å²) in [4.78, 5) is 47.0. The second-order valence-corrected chi connectivity index (χ2v) is 9.14. The largest absolute Gasteiger partial charge is 0.349 e. The van der Waals surface area contributed by atoms with Gasteiger partial charge in [-0.15, -0.1) is 0 Å². The molecule has 10 heteroatoms. The number of carbonyl (C=O) groups excluding carboxylic acids is 3. The van der Waals surface area contributed by atoms with Crippen molar-refractivity contribution in [1.29, 1.82) is 0 Å². The zero-order valence-electron chi connectivity index (χ0n) is 20.0. The van der Waals surface area contributed by atoms with Gasteiger partial charge < -0.3 is 20.9 Å². The van der Waals surface area contributed by atoms with Crippen molar-refractivity contribution in [1.82, 2.24) is 20.2 Å². The van der Waals surface area contributed by atoms with Crippen molar-refractivity contribution in [3.05, 3.63) is 76.8 Å². The highest BCUT2D eigenvalue weighted by Gasteiger charge is 2.22. The van der Waals surface area contributed by atoms with E-state index in [1.807, 2.05) is 0 Å². The van der Waals surface area contributed by atoms with Crippen molar-refractivity contribution >= 4 is 40.7 Å². The minimum Gasteiger partial charge on any atom is -0.349 e. The average Bonchev–Trinajstić information content (AvgIpc) is 3.37. The summed E-state index contributed by atoms with van der Waals surface area (Å²) in [5.74, 6) is -1.22. The number of H-pyrrole nitrogens is 1. The summed E-state index contributed by atoms with van der Waals surface area (Å²) < 4.78 is 0. The first kappa shape index (κ1) is 25.4. The molecular weight excluding hydrogens is 480 g/mol. The van der Waals surface area contributed by atoms with Gasteiger partial charge in [0, 0.05) is 30.5 Å². The van der Waals surface area contributed by atoms with Crippen LogP contribution in [0.5, 0.6) is 0 Å². The summed E-state index contributed by atoms with van der Waals surface area (Å²) in [7, 11) is 0. The van der Waals surface area contributed by atoms with Gasteiger partial charge in [-0.3, -0.25) is 19.3 Å². The van der Waals surface area contributed by atoms with Crippen molar-refractivity contribution < 1.29 is 14.4 Å². The number of rotatable bonds is 8. The Morgan fingerprint density at radius 2 is 1.69 bits per heavy atom. The van der Waals surface area contributed by atoms with E-state index < -0.39 is 5.91 Å². The van der Waals surface area contributed by atoms with Gasteiger partial charge in [0.05, 0.1) is 16.9 Å². The van der Waals surface area contributed by atoms with E-state index in [4.69, 9.17) is 11.6 Å². The van der Waals surface area contributed by atoms with E-state index >= 15 is 0 Å². The summed E-state index contributed by atoms with van der Waals surface area (Å²) in [6.07, 6.45) is 4.92. The van der Waals surface area contributed by atoms with Gasteiger partial charge in [-0.05, 0) is 62.7 Å². The van der Waals surface area contributed by atoms with Crippen LogP contribution in [-0.4, -0.2) is 58.3 Å². The molecule has 0 saturated carbocycles. The molecule has 36 heavy (non-hydrogen) atoms. The van der Waals surface area contributed by atoms with Crippen LogP contribution in [0.4, 0.5) is 11.4 Å². The first-order valence-electron chi connectivity index (χ1n) is 12.0. The molecule has 0 spiro atoms. The van der Waals surface area contributed by atoms with Crippen molar-refractivity contribution in [2.45, 2.75) is 32.2 Å². The fourth-order valence-electron chi connectivity index (χ4n) is 4.20. The quantitative estimate of drug-likeness (QED) is 0.364. The normalized spacial score (nSPS) is 15.8. The lowest BCUT2D eigenvalue weighted by Crippen LogP contribution is -2.42. The van der Waals surface area contributed by atoms with Crippen LogP contribution in [0, 0.1) is 0 Å². The van der Waals surface area contributed by atoms with Gasteiger partial charge in [-0.25, -0.2) is 4.98 Å². The number of aromatic amines is 1. The van der Waals surface area contributed by atoms with Gasteiger partial charge >= 0.3 is 0 Å². The van der Waals surface area contributed by atoms with Crippen molar-refractivity contribution in [2.75, 3.05) is 30.3 Å². The van der Waals surface area contributed by atoms with E-state index in [2.05, 4.69) is 37.7 Å². The predicted molar refractivity (Wildman–Crippen MR) is 140 cm³/mol. The lowest BCUT2D eigenvalue weighted by molar-refractivity contribution is 0.0922. The maximum absolute atomic E-state index is 12.8. The third kappa shape index (κ3) is 6.30. The van der Waals surface area contributed by atoms with Crippen LogP contribution in [0.15, 0.2) is 54.9 Å². The number of piperidine rings is 1. The van der Waals surface area contributed by atoms with Gasteiger partial charge in [0.25, 0.3) is 17.7 Å². The maximum Gasteiger partial charge on any atom is 0.276 e. The molecule has 2 aromatic carbocycles. The number of hydrogen-bond acceptors (Lipinski definition) is 5. The Morgan fingerprint density at radius 1 is 1.00 bits per heavy atom. The molecule has 4 N–H and O–H groups in total. The molecule has 9 nitrogen and oxygen atoms in total. The molecule has 3 amide bonds. The highest BCUT2D eigenvalue weighted by Crippen LogP contribution is 2.19. The van der Waals surface area contributed by atoms with Crippen LogP contribution in [0.25, 0.3) is 0 Å². The molecule has 0 aliphatic carbocycles. The van der Waals surface area contributed by atoms with Gasteiger partial charge in [-0.1, -0.05) is 30.2 Å². The van der Waals surface area contributed by atoms with E-state index in [-0.39, 0.29) is 23.2 Å². The minimum absolute atomic E-state index is 0.00920. The highest BCUT2D eigenvalue weighted by molar-refractivity contribution is 6.34. The van der Waals surface area contributed by atoms with Crippen LogP contribution in [-0.2, 0) is 0 Å². The van der Waals surface area contributed by atoms with Crippen LogP contribution >= 0.6 is 11.6 Å². The topological polar surface area (TPSA) is 119 Å². The lowest BCUT2D eigenvalue weighted by atomic mass is 10.0. The van der Waals surface area contributed by atoms with Crippen LogP contribution < -0.4 is 16.0 Å². The number of anilines is 2. The molecule has 0 bridgehead atoms. The second-order valence-electron chi connectivity index (χ2n) is 8.73. The van der Waals surface area contributed by atoms with Crippen LogP contribution in [0.2, 0.25) is 5.02 Å². The molecule has 1 fully saturated rings. The van der Waals surface area contributed by atoms with Crippen molar-refractivity contribution in [3.8, 4) is 0 Å². The van der Waals surface area contributed by atoms with E-state index in [9.17, 15) is 14.4 Å². The molecule has 1 saturated heterocycles. The number of amides is 3. The first-order chi connectivity index (χ1) is 17.4. The zero-order chi connectivity index (χ0) is 25.5. The summed E-state index contributed by atoms with van der Waals surface area (Å²) in [6.45, 7) is 4.50. The number of imidazole rings is 1. The Balaban J connectivity index is 1.31. The molecule has 4 rings (SSSR count). The molecule has 1 aliphatic rings. The lowest BCUT2D eigenvalue weighted by Gasteiger charge is -2.33. The zero-order valence-corrected chi connectivity index (χ0v) is 20.8. The number of nitrogens with one attached hydrogen (secondary N) is 4. The summed E-state index contributed by atoms with van der Waals surface area (Å²) >= 11 is 6.07. The first-order valence-corrected chi connectivity index (χ1v) is 12.3. The van der Waals surface area contributed by atoms with Gasteiger partial charge in [0.1, 0.15) is 5.69 Å². The fraction of sp³-hybridized carbons (Fsp3) is 0.308. The molecule has 1 unspecified atom stereocenters. The Hall–Kier alpha value is -3.69. The second kappa shape index (κ2) is 11.8. The summed E-state index contributed by atoms with van der Waals surface area (Å²) in [5, 5.41) is 8.73. The number of benzene rings is 2. The summed E-state index contributed by atoms with van der Waals surface area (Å²) in [5.41, 5.74) is 1.52. The van der Waals surface area contributed by atoms with Crippen molar-refractivity contribution in [3.63, 3.8) is 0 Å². The maximum atomic E-state index is 12.8. The Morgan fingerprint density at radius 3 is 2.39 bits per heavy atom. The third-order valence-electron chi connectivity index (χ3n) is 6.23. The number of carbonyl (C=O) groups is 3. The Bertz CT molecular complexity index is 1230. The average molecular weight is 509 g/mol. The Kier molecular flexibility index (Phi) is 8.35. The number of likely N-dealkylation sites (tertiary alicyclic amines) is 1. The van der Waals surface area contributed by atoms with Crippen LogP contribution in [0.3, 0.4) is 0 Å². The van der Waals surface area contributed by atoms with E-state index in [0.29, 0.717) is 34.5 Å². The van der Waals surface area contributed by atoms with Gasteiger partial charge in [0.15, 0.2) is 5.69 Å². The molecular formula is C26H29ClN6O3. The molecule has 3 aromatic rings. The summed E-state index contributed by atoms with van der Waals surface area (Å²) in [6, 6.07) is 13.9. The molecule has 188 valence electrons. The number of aromatic nitrogens is 2. The molecule has 2 heterocycles. The Labute approximate surface area is 214 Å². The predicted octanol–water partition coefficient (Wildman–Crippen LogP) is 4.17. The minimum atomic E-state index is -0.515. The third-order valence-corrected chi connectivity index (χ3v) is 6.56. The van der Waals surface area contributed by atoms with Crippen LogP contribution in [0.1, 0.15) is 57.5 Å².